The first-order valence-corrected chi connectivity index (χ1v) is 5.73. The Hall–Kier alpha value is -2.24. The molecule has 0 saturated heterocycles. The van der Waals surface area contributed by atoms with Crippen LogP contribution < -0.4 is 0 Å². The molecule has 0 atom stereocenters. The molecule has 0 aliphatic heterocycles. The largest absolute Gasteiger partial charge is 0.481 e. The van der Waals surface area contributed by atoms with E-state index < -0.39 is 5.97 Å². The van der Waals surface area contributed by atoms with E-state index in [0.717, 1.165) is 23.5 Å². The maximum Gasteiger partial charge on any atom is 0.303 e. The lowest BCUT2D eigenvalue weighted by Crippen LogP contribution is -2.00. The van der Waals surface area contributed by atoms with E-state index in [2.05, 4.69) is 15.5 Å². The van der Waals surface area contributed by atoms with Gasteiger partial charge in [-0.25, -0.2) is 0 Å². The molecular formula is C12H14N4O2. The number of tetrazole rings is 1. The summed E-state index contributed by atoms with van der Waals surface area (Å²) < 4.78 is 1.65. The first-order valence-electron chi connectivity index (χ1n) is 5.73. The van der Waals surface area contributed by atoms with Crippen molar-refractivity contribution in [3.63, 3.8) is 0 Å². The van der Waals surface area contributed by atoms with Gasteiger partial charge in [0.15, 0.2) is 5.82 Å². The molecule has 18 heavy (non-hydrogen) atoms. The summed E-state index contributed by atoms with van der Waals surface area (Å²) in [5.74, 6) is -0.0236. The van der Waals surface area contributed by atoms with Crippen LogP contribution in [0.2, 0.25) is 0 Å². The van der Waals surface area contributed by atoms with Crippen LogP contribution in [0.25, 0.3) is 5.69 Å². The second-order valence-electron chi connectivity index (χ2n) is 4.05. The summed E-state index contributed by atoms with van der Waals surface area (Å²) in [4.78, 5) is 10.4. The molecule has 0 aliphatic carbocycles. The summed E-state index contributed by atoms with van der Waals surface area (Å²) in [6, 6.07) is 7.80. The minimum atomic E-state index is -0.754. The Morgan fingerprint density at radius 1 is 1.33 bits per heavy atom. The number of nitrogens with zero attached hydrogens (tertiary/aromatic N) is 4. The fourth-order valence-corrected chi connectivity index (χ4v) is 1.72. The molecule has 0 unspecified atom stereocenters. The molecule has 1 aromatic carbocycles. The summed E-state index contributed by atoms with van der Waals surface area (Å²) in [6.07, 6.45) is 1.62. The van der Waals surface area contributed by atoms with E-state index in [-0.39, 0.29) is 6.42 Å². The standard InChI is InChI=1S/C12H14N4O2/c1-9-13-14-15-16(9)11-7-5-10(6-8-11)3-2-4-12(17)18/h5-8H,2-4H2,1H3,(H,17,18). The zero-order valence-corrected chi connectivity index (χ0v) is 10.1. The number of rotatable bonds is 5. The smallest absolute Gasteiger partial charge is 0.303 e. The van der Waals surface area contributed by atoms with Gasteiger partial charge >= 0.3 is 5.97 Å². The van der Waals surface area contributed by atoms with Gasteiger partial charge in [0.1, 0.15) is 0 Å². The minimum Gasteiger partial charge on any atom is -0.481 e. The van der Waals surface area contributed by atoms with Gasteiger partial charge in [-0.2, -0.15) is 4.68 Å². The van der Waals surface area contributed by atoms with Gasteiger partial charge in [-0.15, -0.1) is 5.10 Å². The number of benzene rings is 1. The van der Waals surface area contributed by atoms with Crippen molar-refractivity contribution >= 4 is 5.97 Å². The van der Waals surface area contributed by atoms with Gasteiger partial charge in [0.2, 0.25) is 0 Å². The topological polar surface area (TPSA) is 80.9 Å². The number of aryl methyl sites for hydroxylation is 2. The first-order chi connectivity index (χ1) is 8.66. The molecule has 0 spiro atoms. The zero-order valence-electron chi connectivity index (χ0n) is 10.1. The molecule has 0 bridgehead atoms. The highest BCUT2D eigenvalue weighted by Gasteiger charge is 2.03. The Labute approximate surface area is 104 Å². The molecule has 0 fully saturated rings. The predicted molar refractivity (Wildman–Crippen MR) is 64.5 cm³/mol. The van der Waals surface area contributed by atoms with Crippen molar-refractivity contribution in [1.29, 1.82) is 0 Å². The fourth-order valence-electron chi connectivity index (χ4n) is 1.72. The number of aliphatic carboxylic acids is 1. The highest BCUT2D eigenvalue weighted by Crippen LogP contribution is 2.11. The van der Waals surface area contributed by atoms with E-state index in [9.17, 15) is 4.79 Å². The van der Waals surface area contributed by atoms with Crippen molar-refractivity contribution in [2.45, 2.75) is 26.2 Å². The average Bonchev–Trinajstić information content (AvgIpc) is 2.76. The molecule has 1 N–H and O–H groups in total. The van der Waals surface area contributed by atoms with Gasteiger partial charge < -0.3 is 5.11 Å². The number of hydrogen-bond donors (Lipinski definition) is 1. The lowest BCUT2D eigenvalue weighted by Gasteiger charge is -2.04. The molecule has 1 aromatic heterocycles. The molecule has 94 valence electrons. The normalized spacial score (nSPS) is 10.5. The molecule has 0 amide bonds. The summed E-state index contributed by atoms with van der Waals surface area (Å²) in [5, 5.41) is 19.9. The van der Waals surface area contributed by atoms with Gasteiger partial charge in [0.25, 0.3) is 0 Å². The molecule has 2 rings (SSSR count). The van der Waals surface area contributed by atoms with Crippen molar-refractivity contribution in [1.82, 2.24) is 20.2 Å². The van der Waals surface area contributed by atoms with E-state index in [1.54, 1.807) is 4.68 Å². The molecule has 6 nitrogen and oxygen atoms in total. The van der Waals surface area contributed by atoms with Gasteiger partial charge in [0, 0.05) is 6.42 Å². The fraction of sp³-hybridized carbons (Fsp3) is 0.333. The highest BCUT2D eigenvalue weighted by molar-refractivity contribution is 5.66. The molecule has 0 saturated carbocycles. The molecule has 1 heterocycles. The van der Waals surface area contributed by atoms with Crippen LogP contribution in [0, 0.1) is 6.92 Å². The number of hydrogen-bond acceptors (Lipinski definition) is 4. The summed E-state index contributed by atoms with van der Waals surface area (Å²) in [7, 11) is 0. The Bertz CT molecular complexity index is 533. The molecule has 6 heteroatoms. The van der Waals surface area contributed by atoms with Crippen LogP contribution in [-0.2, 0) is 11.2 Å². The zero-order chi connectivity index (χ0) is 13.0. The second kappa shape index (κ2) is 5.39. The number of carboxylic acid groups (broad SMARTS) is 1. The van der Waals surface area contributed by atoms with Crippen molar-refractivity contribution < 1.29 is 9.90 Å². The first kappa shape index (κ1) is 12.2. The number of carboxylic acids is 1. The average molecular weight is 246 g/mol. The Balaban J connectivity index is 2.02. The van der Waals surface area contributed by atoms with E-state index in [1.165, 1.54) is 0 Å². The van der Waals surface area contributed by atoms with E-state index in [0.29, 0.717) is 6.42 Å². The van der Waals surface area contributed by atoms with Crippen molar-refractivity contribution in [3.8, 4) is 5.69 Å². The van der Waals surface area contributed by atoms with Crippen LogP contribution in [0.5, 0.6) is 0 Å². The van der Waals surface area contributed by atoms with Crippen LogP contribution in [0.4, 0.5) is 0 Å². The Morgan fingerprint density at radius 3 is 2.61 bits per heavy atom. The van der Waals surface area contributed by atoms with Gasteiger partial charge in [-0.1, -0.05) is 12.1 Å². The predicted octanol–water partition coefficient (Wildman–Crippen LogP) is 1.38. The quantitative estimate of drug-likeness (QED) is 0.861. The third-order valence-corrected chi connectivity index (χ3v) is 2.66. The van der Waals surface area contributed by atoms with E-state index >= 15 is 0 Å². The number of aromatic nitrogens is 4. The Kier molecular flexibility index (Phi) is 3.66. The molecule has 0 radical (unpaired) electrons. The third kappa shape index (κ3) is 2.91. The van der Waals surface area contributed by atoms with Crippen molar-refractivity contribution in [2.75, 3.05) is 0 Å². The maximum atomic E-state index is 10.4. The summed E-state index contributed by atoms with van der Waals surface area (Å²) in [5.41, 5.74) is 2.02. The van der Waals surface area contributed by atoms with Crippen LogP contribution in [0.3, 0.4) is 0 Å². The summed E-state index contributed by atoms with van der Waals surface area (Å²) in [6.45, 7) is 1.83. The maximum absolute atomic E-state index is 10.4. The number of carbonyl (C=O) groups is 1. The van der Waals surface area contributed by atoms with E-state index in [4.69, 9.17) is 5.11 Å². The Morgan fingerprint density at radius 2 is 2.06 bits per heavy atom. The van der Waals surface area contributed by atoms with Crippen LogP contribution >= 0.6 is 0 Å². The minimum absolute atomic E-state index is 0.202. The third-order valence-electron chi connectivity index (χ3n) is 2.66. The van der Waals surface area contributed by atoms with Crippen LogP contribution in [0.15, 0.2) is 24.3 Å². The van der Waals surface area contributed by atoms with Gasteiger partial charge in [-0.3, -0.25) is 4.79 Å². The molecular weight excluding hydrogens is 232 g/mol. The van der Waals surface area contributed by atoms with E-state index in [1.807, 2.05) is 31.2 Å². The van der Waals surface area contributed by atoms with Crippen molar-refractivity contribution in [3.05, 3.63) is 35.7 Å². The monoisotopic (exact) mass is 246 g/mol. The van der Waals surface area contributed by atoms with Crippen molar-refractivity contribution in [2.24, 2.45) is 0 Å². The SMILES string of the molecule is Cc1nnnn1-c1ccc(CCCC(=O)O)cc1. The highest BCUT2D eigenvalue weighted by atomic mass is 16.4. The second-order valence-corrected chi connectivity index (χ2v) is 4.05. The molecule has 2 aromatic rings. The van der Waals surface area contributed by atoms with Gasteiger partial charge in [-0.05, 0) is 47.9 Å². The lowest BCUT2D eigenvalue weighted by molar-refractivity contribution is -0.137. The summed E-state index contributed by atoms with van der Waals surface area (Å²) >= 11 is 0. The molecule has 0 aliphatic rings. The van der Waals surface area contributed by atoms with Crippen LogP contribution in [-0.4, -0.2) is 31.3 Å². The lowest BCUT2D eigenvalue weighted by atomic mass is 10.1. The van der Waals surface area contributed by atoms with Gasteiger partial charge in [0.05, 0.1) is 5.69 Å². The van der Waals surface area contributed by atoms with Crippen LogP contribution in [0.1, 0.15) is 24.2 Å².